The first-order chi connectivity index (χ1) is 12.2. The van der Waals surface area contributed by atoms with Crippen molar-refractivity contribution in [2.75, 3.05) is 5.32 Å². The number of hydrogen-bond donors (Lipinski definition) is 1. The summed E-state index contributed by atoms with van der Waals surface area (Å²) in [6, 6.07) is 0.513. The topological polar surface area (TPSA) is 46.9 Å². The number of hydrogen-bond acceptors (Lipinski definition) is 2. The molecule has 0 radical (unpaired) electrons. The lowest BCUT2D eigenvalue weighted by Gasteiger charge is -2.30. The molecule has 138 valence electrons. The number of anilines is 1. The molecule has 0 aliphatic heterocycles. The van der Waals surface area contributed by atoms with Crippen LogP contribution in [0.5, 0.6) is 0 Å². The second kappa shape index (κ2) is 9.44. The van der Waals surface area contributed by atoms with Gasteiger partial charge in [0, 0.05) is 13.1 Å². The lowest BCUT2D eigenvalue weighted by atomic mass is 9.49. The second-order valence-corrected chi connectivity index (χ2v) is 8.37. The van der Waals surface area contributed by atoms with Gasteiger partial charge in [0.2, 0.25) is 5.91 Å². The van der Waals surface area contributed by atoms with Crippen molar-refractivity contribution in [3.8, 4) is 0 Å². The molecule has 1 N–H and O–H groups in total. The van der Waals surface area contributed by atoms with Crippen LogP contribution in [0.2, 0.25) is 11.6 Å². The lowest BCUT2D eigenvalue weighted by Crippen LogP contribution is -2.21. The molecular formula is C20H34BN3O. The van der Waals surface area contributed by atoms with Crippen LogP contribution in [0.1, 0.15) is 90.0 Å². The van der Waals surface area contributed by atoms with Gasteiger partial charge in [-0.1, -0.05) is 75.8 Å². The number of carbonyl (C=O) groups is 1. The van der Waals surface area contributed by atoms with Crippen molar-refractivity contribution in [1.82, 2.24) is 9.78 Å². The highest BCUT2D eigenvalue weighted by Gasteiger charge is 2.26. The SMILES string of the molecule is CC(=O)Nc1cnn(C2CCC(BC3CCCCCCCC3)CC2)c1. The van der Waals surface area contributed by atoms with Crippen LogP contribution in [0, 0.1) is 0 Å². The summed E-state index contributed by atoms with van der Waals surface area (Å²) >= 11 is 0. The Bertz CT molecular complexity index is 527. The number of nitrogens with one attached hydrogen (secondary N) is 1. The van der Waals surface area contributed by atoms with Gasteiger partial charge in [-0.3, -0.25) is 9.48 Å². The van der Waals surface area contributed by atoms with Crippen LogP contribution in [-0.4, -0.2) is 23.0 Å². The van der Waals surface area contributed by atoms with Crippen molar-refractivity contribution in [1.29, 1.82) is 0 Å². The molecule has 1 aromatic rings. The minimum atomic E-state index is -0.0294. The molecule has 0 spiro atoms. The van der Waals surface area contributed by atoms with Gasteiger partial charge in [-0.05, 0) is 12.8 Å². The Labute approximate surface area is 153 Å². The van der Waals surface area contributed by atoms with Crippen molar-refractivity contribution >= 4 is 18.9 Å². The van der Waals surface area contributed by atoms with E-state index in [2.05, 4.69) is 15.1 Å². The summed E-state index contributed by atoms with van der Waals surface area (Å²) in [7, 11) is 1.46. The molecule has 0 aromatic carbocycles. The summed E-state index contributed by atoms with van der Waals surface area (Å²) in [6.07, 6.45) is 20.6. The van der Waals surface area contributed by atoms with Gasteiger partial charge in [0.05, 0.1) is 17.9 Å². The third-order valence-electron chi connectivity index (χ3n) is 6.25. The van der Waals surface area contributed by atoms with Crippen molar-refractivity contribution < 1.29 is 4.79 Å². The van der Waals surface area contributed by atoms with Gasteiger partial charge in [0.25, 0.3) is 0 Å². The van der Waals surface area contributed by atoms with E-state index >= 15 is 0 Å². The van der Waals surface area contributed by atoms with Crippen LogP contribution in [0.15, 0.2) is 12.4 Å². The van der Waals surface area contributed by atoms with E-state index in [9.17, 15) is 4.79 Å². The summed E-state index contributed by atoms with van der Waals surface area (Å²) in [5.41, 5.74) is 0.820. The summed E-state index contributed by atoms with van der Waals surface area (Å²) in [5, 5.41) is 7.29. The summed E-state index contributed by atoms with van der Waals surface area (Å²) in [4.78, 5) is 11.2. The molecule has 25 heavy (non-hydrogen) atoms. The van der Waals surface area contributed by atoms with Gasteiger partial charge in [-0.2, -0.15) is 5.10 Å². The van der Waals surface area contributed by atoms with Crippen LogP contribution < -0.4 is 5.32 Å². The van der Waals surface area contributed by atoms with E-state index in [-0.39, 0.29) is 5.91 Å². The van der Waals surface area contributed by atoms with Crippen molar-refractivity contribution in [3.63, 3.8) is 0 Å². The van der Waals surface area contributed by atoms with E-state index in [1.54, 1.807) is 13.1 Å². The maximum Gasteiger partial charge on any atom is 0.221 e. The first-order valence-corrected chi connectivity index (χ1v) is 10.5. The highest BCUT2D eigenvalue weighted by Crippen LogP contribution is 2.39. The van der Waals surface area contributed by atoms with Crippen molar-refractivity contribution in [3.05, 3.63) is 12.4 Å². The van der Waals surface area contributed by atoms with Crippen LogP contribution in [0.4, 0.5) is 5.69 Å². The van der Waals surface area contributed by atoms with Crippen molar-refractivity contribution in [2.45, 2.75) is 102 Å². The van der Waals surface area contributed by atoms with Gasteiger partial charge >= 0.3 is 0 Å². The maximum atomic E-state index is 11.2. The van der Waals surface area contributed by atoms with E-state index in [0.717, 1.165) is 17.3 Å². The van der Waals surface area contributed by atoms with Crippen LogP contribution in [0.3, 0.4) is 0 Å². The lowest BCUT2D eigenvalue weighted by molar-refractivity contribution is -0.114. The van der Waals surface area contributed by atoms with Crippen LogP contribution >= 0.6 is 0 Å². The molecule has 0 saturated heterocycles. The molecule has 1 heterocycles. The van der Waals surface area contributed by atoms with Gasteiger partial charge in [-0.25, -0.2) is 0 Å². The Morgan fingerprint density at radius 1 is 1.00 bits per heavy atom. The molecule has 5 heteroatoms. The largest absolute Gasteiger partial charge is 0.324 e. The average Bonchev–Trinajstić information content (AvgIpc) is 3.08. The fourth-order valence-corrected chi connectivity index (χ4v) is 4.88. The van der Waals surface area contributed by atoms with E-state index in [4.69, 9.17) is 0 Å². The quantitative estimate of drug-likeness (QED) is 0.773. The maximum absolute atomic E-state index is 11.2. The van der Waals surface area contributed by atoms with Crippen molar-refractivity contribution in [2.24, 2.45) is 0 Å². The zero-order valence-corrected chi connectivity index (χ0v) is 15.9. The molecule has 2 aliphatic rings. The molecule has 2 aliphatic carbocycles. The third-order valence-corrected chi connectivity index (χ3v) is 6.25. The number of carbonyl (C=O) groups excluding carboxylic acids is 1. The fourth-order valence-electron chi connectivity index (χ4n) is 4.88. The highest BCUT2D eigenvalue weighted by atomic mass is 16.1. The Morgan fingerprint density at radius 2 is 1.60 bits per heavy atom. The van der Waals surface area contributed by atoms with Gasteiger partial charge in [-0.15, -0.1) is 0 Å². The molecule has 3 rings (SSSR count). The minimum absolute atomic E-state index is 0.0294. The van der Waals surface area contributed by atoms with Crippen LogP contribution in [-0.2, 0) is 4.79 Å². The first-order valence-electron chi connectivity index (χ1n) is 10.5. The van der Waals surface area contributed by atoms with Crippen LogP contribution in [0.25, 0.3) is 0 Å². The molecule has 1 aromatic heterocycles. The highest BCUT2D eigenvalue weighted by molar-refractivity contribution is 6.39. The number of aromatic nitrogens is 2. The van der Waals surface area contributed by atoms with E-state index in [0.29, 0.717) is 6.04 Å². The molecular weight excluding hydrogens is 309 g/mol. The molecule has 2 saturated carbocycles. The fraction of sp³-hybridized carbons (Fsp3) is 0.800. The zero-order valence-electron chi connectivity index (χ0n) is 15.9. The molecule has 1 amide bonds. The summed E-state index contributed by atoms with van der Waals surface area (Å²) in [5.74, 6) is 1.88. The van der Waals surface area contributed by atoms with Gasteiger partial charge in [0.1, 0.15) is 7.28 Å². The summed E-state index contributed by atoms with van der Waals surface area (Å²) in [6.45, 7) is 1.54. The second-order valence-electron chi connectivity index (χ2n) is 8.37. The molecule has 4 nitrogen and oxygen atoms in total. The Kier molecular flexibility index (Phi) is 7.00. The Hall–Kier alpha value is -1.26. The Morgan fingerprint density at radius 3 is 2.24 bits per heavy atom. The number of amides is 1. The minimum Gasteiger partial charge on any atom is -0.324 e. The molecule has 0 atom stereocenters. The smallest absolute Gasteiger partial charge is 0.221 e. The number of nitrogens with zero attached hydrogens (tertiary/aromatic N) is 2. The number of rotatable bonds is 4. The molecule has 2 fully saturated rings. The summed E-state index contributed by atoms with van der Waals surface area (Å²) < 4.78 is 2.07. The van der Waals surface area contributed by atoms with E-state index < -0.39 is 0 Å². The predicted molar refractivity (Wildman–Crippen MR) is 106 cm³/mol. The zero-order chi connectivity index (χ0) is 17.5. The normalized spacial score (nSPS) is 26.3. The molecule has 0 bridgehead atoms. The Balaban J connectivity index is 1.44. The monoisotopic (exact) mass is 343 g/mol. The van der Waals surface area contributed by atoms with E-state index in [1.165, 1.54) is 84.3 Å². The molecule has 0 unspecified atom stereocenters. The average molecular weight is 343 g/mol. The standard InChI is InChI=1S/C20H34BN3O/c1-16(25)23-19-14-22-24(15-19)20-12-10-18(11-13-20)21-17-8-6-4-2-3-5-7-9-17/h14-15,17-18,20-21H,2-13H2,1H3,(H,23,25). The van der Waals surface area contributed by atoms with E-state index in [1.807, 2.05) is 6.20 Å². The first kappa shape index (κ1) is 18.5. The predicted octanol–water partition coefficient (Wildman–Crippen LogP) is 5.10. The van der Waals surface area contributed by atoms with Gasteiger partial charge < -0.3 is 5.32 Å². The van der Waals surface area contributed by atoms with Gasteiger partial charge in [0.15, 0.2) is 0 Å². The third kappa shape index (κ3) is 5.90.